The van der Waals surface area contributed by atoms with E-state index in [0.29, 0.717) is 11.8 Å². The van der Waals surface area contributed by atoms with Crippen LogP contribution in [0.5, 0.6) is 0 Å². The van der Waals surface area contributed by atoms with Gasteiger partial charge >= 0.3 is 5.97 Å². The predicted octanol–water partition coefficient (Wildman–Crippen LogP) is 3.92. The Labute approximate surface area is 212 Å². The third-order valence-corrected chi connectivity index (χ3v) is 10.1. The number of rotatable bonds is 6. The van der Waals surface area contributed by atoms with Crippen molar-refractivity contribution < 1.29 is 38.1 Å². The molecule has 0 aromatic heterocycles. The van der Waals surface area contributed by atoms with Crippen molar-refractivity contribution in [3.63, 3.8) is 0 Å². The Hall–Kier alpha value is -1.45. The zero-order valence-electron chi connectivity index (χ0n) is 20.3. The number of fused-ring (bicyclic) bond motifs is 5. The number of ether oxygens (including phenoxy) is 1. The molecule has 6 nitrogen and oxygen atoms in total. The number of carbonyl (C=O) groups excluding carboxylic acids is 3. The van der Waals surface area contributed by atoms with Crippen LogP contribution in [-0.4, -0.2) is 57.1 Å². The molecule has 0 bridgehead atoms. The maximum atomic E-state index is 17.3. The Morgan fingerprint density at radius 2 is 1.97 bits per heavy atom. The van der Waals surface area contributed by atoms with Crippen molar-refractivity contribution in [2.45, 2.75) is 76.7 Å². The highest BCUT2D eigenvalue weighted by molar-refractivity contribution is 9.09. The van der Waals surface area contributed by atoms with Crippen molar-refractivity contribution in [2.24, 2.45) is 28.6 Å². The third kappa shape index (κ3) is 3.40. The van der Waals surface area contributed by atoms with Crippen molar-refractivity contribution in [1.82, 2.24) is 0 Å². The minimum atomic E-state index is -2.28. The zero-order valence-corrected chi connectivity index (χ0v) is 21.9. The summed E-state index contributed by atoms with van der Waals surface area (Å²) in [7, 11) is 0. The molecule has 2 unspecified atom stereocenters. The fourth-order valence-corrected chi connectivity index (χ4v) is 8.21. The van der Waals surface area contributed by atoms with Gasteiger partial charge in [-0.25, -0.2) is 8.78 Å². The molecule has 0 aromatic rings. The number of alkyl halides is 2. The Bertz CT molecular complexity index is 1010. The van der Waals surface area contributed by atoms with Crippen molar-refractivity contribution in [3.05, 3.63) is 23.6 Å². The number of hydrogen-bond donors (Lipinski definition) is 2. The molecule has 0 aliphatic heterocycles. The molecule has 4 aliphatic rings. The van der Waals surface area contributed by atoms with Gasteiger partial charge in [0.15, 0.2) is 17.1 Å². The van der Waals surface area contributed by atoms with E-state index in [-0.39, 0.29) is 43.5 Å². The summed E-state index contributed by atoms with van der Waals surface area (Å²) >= 11 is 3.26. The molecular weight excluding hydrogens is 526 g/mol. The van der Waals surface area contributed by atoms with E-state index < -0.39 is 70.1 Å². The molecule has 0 heterocycles. The Morgan fingerprint density at radius 3 is 2.60 bits per heavy atom. The Morgan fingerprint density at radius 1 is 1.29 bits per heavy atom. The molecule has 2 N–H and O–H groups in total. The fraction of sp³-hybridized carbons (Fsp3) is 0.731. The minimum Gasteiger partial charge on any atom is -0.450 e. The smallest absolute Gasteiger partial charge is 0.306 e. The number of aliphatic hydroxyl groups excluding tert-OH is 2. The van der Waals surface area contributed by atoms with E-state index in [1.54, 1.807) is 13.8 Å². The highest BCUT2D eigenvalue weighted by Crippen LogP contribution is 2.71. The van der Waals surface area contributed by atoms with Gasteiger partial charge in [0.25, 0.3) is 0 Å². The number of ketones is 2. The predicted molar refractivity (Wildman–Crippen MR) is 127 cm³/mol. The van der Waals surface area contributed by atoms with Crippen LogP contribution < -0.4 is 0 Å². The van der Waals surface area contributed by atoms with E-state index in [1.165, 1.54) is 19.1 Å². The highest BCUT2D eigenvalue weighted by Gasteiger charge is 2.77. The molecule has 35 heavy (non-hydrogen) atoms. The number of allylic oxidation sites excluding steroid dienone is 4. The van der Waals surface area contributed by atoms with Gasteiger partial charge in [0.05, 0.1) is 6.10 Å². The molecule has 0 saturated heterocycles. The van der Waals surface area contributed by atoms with Gasteiger partial charge in [0.2, 0.25) is 5.78 Å². The number of aliphatic hydroxyl groups is 2. The van der Waals surface area contributed by atoms with Crippen LogP contribution in [0.4, 0.5) is 8.78 Å². The van der Waals surface area contributed by atoms with Gasteiger partial charge in [0, 0.05) is 47.3 Å². The van der Waals surface area contributed by atoms with Crippen LogP contribution in [0, 0.1) is 28.6 Å². The summed E-state index contributed by atoms with van der Waals surface area (Å²) in [6.45, 7) is 4.06. The SMILES string of the molecule is C[C@@H]1CC2C3CC(F)=C4CC(=O)C=C[C@]4(C)[C@@]3(F)[C@@H](O)C[C@]2(C)[C@@]1(OC(=O)CCCBr)C(=O)CO. The summed E-state index contributed by atoms with van der Waals surface area (Å²) in [5.41, 5.74) is -6.72. The van der Waals surface area contributed by atoms with Crippen LogP contribution in [-0.2, 0) is 19.1 Å². The van der Waals surface area contributed by atoms with Gasteiger partial charge in [-0.2, -0.15) is 0 Å². The number of hydrogen-bond acceptors (Lipinski definition) is 6. The van der Waals surface area contributed by atoms with Crippen LogP contribution in [0.3, 0.4) is 0 Å². The summed E-state index contributed by atoms with van der Waals surface area (Å²) in [4.78, 5) is 38.1. The van der Waals surface area contributed by atoms with E-state index in [2.05, 4.69) is 15.9 Å². The first-order chi connectivity index (χ1) is 16.3. The molecule has 4 aliphatic carbocycles. The molecule has 0 spiro atoms. The molecule has 2 saturated carbocycles. The second kappa shape index (κ2) is 8.84. The summed E-state index contributed by atoms with van der Waals surface area (Å²) in [5.74, 6) is -4.38. The lowest BCUT2D eigenvalue weighted by Crippen LogP contribution is -2.70. The lowest BCUT2D eigenvalue weighted by molar-refractivity contribution is -0.226. The van der Waals surface area contributed by atoms with Crippen LogP contribution in [0.2, 0.25) is 0 Å². The van der Waals surface area contributed by atoms with Crippen molar-refractivity contribution >= 4 is 33.5 Å². The molecule has 0 amide bonds. The lowest BCUT2D eigenvalue weighted by Gasteiger charge is -2.62. The molecule has 9 heteroatoms. The normalized spacial score (nSPS) is 44.5. The summed E-state index contributed by atoms with van der Waals surface area (Å²) in [6.07, 6.45) is 1.05. The zero-order chi connectivity index (χ0) is 26.0. The maximum Gasteiger partial charge on any atom is 0.306 e. The number of esters is 1. The first kappa shape index (κ1) is 26.6. The van der Waals surface area contributed by atoms with Gasteiger partial charge < -0.3 is 14.9 Å². The number of Topliss-reactive ketones (excluding diaryl/α,β-unsaturated/α-hetero) is 1. The monoisotopic (exact) mass is 558 g/mol. The third-order valence-electron chi connectivity index (χ3n) is 9.55. The standard InChI is InChI=1S/C26H33BrF2O6/c1-14-9-16-17-11-19(28)18-10-15(31)6-7-23(18,2)25(17,29)20(32)12-24(16,3)26(14,21(33)13-30)35-22(34)5-4-8-27/h6-7,14,16-17,20,30,32H,4-5,8-13H2,1-3H3/t14-,16?,17?,20+,23+,24+,25+,26+/m1/s1. The van der Waals surface area contributed by atoms with Gasteiger partial charge in [-0.05, 0) is 43.8 Å². The minimum absolute atomic E-state index is 0.0514. The quantitative estimate of drug-likeness (QED) is 0.378. The summed E-state index contributed by atoms with van der Waals surface area (Å²) < 4.78 is 38.7. The Balaban J connectivity index is 1.84. The molecule has 2 fully saturated rings. The van der Waals surface area contributed by atoms with E-state index in [1.807, 2.05) is 0 Å². The van der Waals surface area contributed by atoms with E-state index in [0.717, 1.165) is 0 Å². The van der Waals surface area contributed by atoms with E-state index >= 15 is 8.78 Å². The lowest BCUT2D eigenvalue weighted by atomic mass is 9.45. The summed E-state index contributed by atoms with van der Waals surface area (Å²) in [5, 5.41) is 21.9. The number of carbonyl (C=O) groups is 3. The van der Waals surface area contributed by atoms with Crippen LogP contribution in [0.1, 0.15) is 59.3 Å². The molecule has 0 radical (unpaired) electrons. The molecule has 8 atom stereocenters. The first-order valence-corrected chi connectivity index (χ1v) is 13.3. The average Bonchev–Trinajstić information content (AvgIpc) is 3.02. The average molecular weight is 559 g/mol. The second-order valence-electron chi connectivity index (χ2n) is 11.1. The fourth-order valence-electron chi connectivity index (χ4n) is 7.93. The summed E-state index contributed by atoms with van der Waals surface area (Å²) in [6, 6.07) is 0. The molecule has 0 aromatic carbocycles. The topological polar surface area (TPSA) is 101 Å². The van der Waals surface area contributed by atoms with Crippen LogP contribution >= 0.6 is 15.9 Å². The van der Waals surface area contributed by atoms with Crippen LogP contribution in [0.15, 0.2) is 23.6 Å². The molecular formula is C26H33BrF2O6. The second-order valence-corrected chi connectivity index (χ2v) is 11.9. The van der Waals surface area contributed by atoms with Crippen molar-refractivity contribution in [2.75, 3.05) is 11.9 Å². The van der Waals surface area contributed by atoms with Crippen LogP contribution in [0.25, 0.3) is 0 Å². The largest absolute Gasteiger partial charge is 0.450 e. The van der Waals surface area contributed by atoms with Gasteiger partial charge in [-0.15, -0.1) is 0 Å². The molecule has 194 valence electrons. The van der Waals surface area contributed by atoms with Crippen molar-refractivity contribution in [1.29, 1.82) is 0 Å². The van der Waals surface area contributed by atoms with Gasteiger partial charge in [-0.1, -0.05) is 35.9 Å². The van der Waals surface area contributed by atoms with E-state index in [9.17, 15) is 24.6 Å². The van der Waals surface area contributed by atoms with E-state index in [4.69, 9.17) is 4.74 Å². The van der Waals surface area contributed by atoms with Gasteiger partial charge in [0.1, 0.15) is 12.4 Å². The molecule has 4 rings (SSSR count). The maximum absolute atomic E-state index is 17.3. The van der Waals surface area contributed by atoms with Gasteiger partial charge in [-0.3, -0.25) is 14.4 Å². The number of halogens is 3. The van der Waals surface area contributed by atoms with Crippen molar-refractivity contribution in [3.8, 4) is 0 Å². The Kier molecular flexibility index (Phi) is 6.72. The highest BCUT2D eigenvalue weighted by atomic mass is 79.9. The first-order valence-electron chi connectivity index (χ1n) is 12.2.